The Morgan fingerprint density at radius 2 is 2.10 bits per heavy atom. The summed E-state index contributed by atoms with van der Waals surface area (Å²) in [4.78, 5) is 12.4. The van der Waals surface area contributed by atoms with E-state index in [-0.39, 0.29) is 17.5 Å². The quantitative estimate of drug-likeness (QED) is 0.709. The average Bonchev–Trinajstić information content (AvgIpc) is 2.43. The van der Waals surface area contributed by atoms with Crippen molar-refractivity contribution in [2.45, 2.75) is 60.0 Å². The Kier molecular flexibility index (Phi) is 4.41. The Labute approximate surface area is 123 Å². The van der Waals surface area contributed by atoms with Crippen LogP contribution in [-0.2, 0) is 9.53 Å². The second-order valence-electron chi connectivity index (χ2n) is 7.07. The average molecular weight is 276 g/mol. The van der Waals surface area contributed by atoms with Gasteiger partial charge in [-0.05, 0) is 50.5 Å². The fraction of sp³-hybridized carbons (Fsp3) is 0.722. The SMILES string of the molecule is CCC(C)(C)C(=O)O[C@H]1CCC=C2C=C[C@@H](C)[C@H](C)C21. The molecule has 2 aliphatic rings. The van der Waals surface area contributed by atoms with Gasteiger partial charge in [0.25, 0.3) is 0 Å². The van der Waals surface area contributed by atoms with E-state index < -0.39 is 0 Å². The number of hydrogen-bond acceptors (Lipinski definition) is 2. The summed E-state index contributed by atoms with van der Waals surface area (Å²) in [6.07, 6.45) is 9.69. The number of allylic oxidation sites excluding steroid dienone is 3. The molecule has 1 unspecified atom stereocenters. The molecular formula is C18H28O2. The molecule has 0 bridgehead atoms. The van der Waals surface area contributed by atoms with Crippen molar-refractivity contribution < 1.29 is 9.53 Å². The molecule has 0 aromatic carbocycles. The molecule has 0 heterocycles. The third kappa shape index (κ3) is 2.84. The lowest BCUT2D eigenvalue weighted by Crippen LogP contribution is -2.40. The molecule has 4 atom stereocenters. The van der Waals surface area contributed by atoms with Crippen LogP contribution in [0.25, 0.3) is 0 Å². The maximum atomic E-state index is 12.4. The Morgan fingerprint density at radius 1 is 1.40 bits per heavy atom. The molecule has 0 aliphatic heterocycles. The molecule has 0 radical (unpaired) electrons. The summed E-state index contributed by atoms with van der Waals surface area (Å²) in [6.45, 7) is 10.5. The largest absolute Gasteiger partial charge is 0.461 e. The Bertz CT molecular complexity index is 431. The van der Waals surface area contributed by atoms with Gasteiger partial charge in [0.2, 0.25) is 0 Å². The number of rotatable bonds is 3. The van der Waals surface area contributed by atoms with Crippen molar-refractivity contribution in [1.82, 2.24) is 0 Å². The summed E-state index contributed by atoms with van der Waals surface area (Å²) < 4.78 is 5.92. The predicted octanol–water partition coefficient (Wildman–Crippen LogP) is 4.51. The van der Waals surface area contributed by atoms with Gasteiger partial charge in [0.1, 0.15) is 6.10 Å². The zero-order valence-corrected chi connectivity index (χ0v) is 13.5. The first-order chi connectivity index (χ1) is 9.36. The van der Waals surface area contributed by atoms with E-state index in [2.05, 4.69) is 32.1 Å². The van der Waals surface area contributed by atoms with Crippen molar-refractivity contribution in [2.24, 2.45) is 23.2 Å². The molecule has 2 heteroatoms. The fourth-order valence-electron chi connectivity index (χ4n) is 3.10. The van der Waals surface area contributed by atoms with Gasteiger partial charge in [-0.3, -0.25) is 4.79 Å². The van der Waals surface area contributed by atoms with E-state index >= 15 is 0 Å². The van der Waals surface area contributed by atoms with Gasteiger partial charge >= 0.3 is 5.97 Å². The lowest BCUT2D eigenvalue weighted by molar-refractivity contribution is -0.163. The highest BCUT2D eigenvalue weighted by Gasteiger charge is 2.39. The van der Waals surface area contributed by atoms with Crippen LogP contribution < -0.4 is 0 Å². The highest BCUT2D eigenvalue weighted by Crippen LogP contribution is 2.41. The van der Waals surface area contributed by atoms with E-state index in [9.17, 15) is 4.79 Å². The summed E-state index contributed by atoms with van der Waals surface area (Å²) in [5, 5.41) is 0. The van der Waals surface area contributed by atoms with Gasteiger partial charge in [0.15, 0.2) is 0 Å². The molecule has 2 aliphatic carbocycles. The van der Waals surface area contributed by atoms with Crippen molar-refractivity contribution in [3.63, 3.8) is 0 Å². The van der Waals surface area contributed by atoms with Crippen molar-refractivity contribution in [1.29, 1.82) is 0 Å². The van der Waals surface area contributed by atoms with E-state index in [1.54, 1.807) is 0 Å². The number of fused-ring (bicyclic) bond motifs is 1. The number of carbonyl (C=O) groups is 1. The lowest BCUT2D eigenvalue weighted by Gasteiger charge is -2.40. The van der Waals surface area contributed by atoms with Crippen molar-refractivity contribution >= 4 is 5.97 Å². The molecule has 0 amide bonds. The van der Waals surface area contributed by atoms with E-state index in [4.69, 9.17) is 4.74 Å². The van der Waals surface area contributed by atoms with E-state index in [1.165, 1.54) is 5.57 Å². The first kappa shape index (κ1) is 15.3. The molecule has 0 saturated heterocycles. The highest BCUT2D eigenvalue weighted by molar-refractivity contribution is 5.76. The number of ether oxygens (including phenoxy) is 1. The molecule has 0 aromatic rings. The van der Waals surface area contributed by atoms with Crippen molar-refractivity contribution in [3.05, 3.63) is 23.8 Å². The van der Waals surface area contributed by atoms with Crippen LogP contribution in [0.5, 0.6) is 0 Å². The van der Waals surface area contributed by atoms with Gasteiger partial charge in [-0.2, -0.15) is 0 Å². The second-order valence-corrected chi connectivity index (χ2v) is 7.07. The minimum atomic E-state index is -0.374. The van der Waals surface area contributed by atoms with Gasteiger partial charge in [-0.15, -0.1) is 0 Å². The maximum Gasteiger partial charge on any atom is 0.311 e. The van der Waals surface area contributed by atoms with E-state index in [0.717, 1.165) is 19.3 Å². The molecule has 0 saturated carbocycles. The van der Waals surface area contributed by atoms with Gasteiger partial charge < -0.3 is 4.74 Å². The second kappa shape index (κ2) is 5.75. The van der Waals surface area contributed by atoms with Crippen LogP contribution in [0.3, 0.4) is 0 Å². The molecule has 0 aromatic heterocycles. The molecule has 2 nitrogen and oxygen atoms in total. The maximum absolute atomic E-state index is 12.4. The van der Waals surface area contributed by atoms with Crippen LogP contribution in [0, 0.1) is 23.2 Å². The van der Waals surface area contributed by atoms with Crippen LogP contribution in [0.15, 0.2) is 23.8 Å². The van der Waals surface area contributed by atoms with Crippen LogP contribution in [0.2, 0.25) is 0 Å². The Hall–Kier alpha value is -1.05. The first-order valence-electron chi connectivity index (χ1n) is 7.96. The molecule has 0 fully saturated rings. The summed E-state index contributed by atoms with van der Waals surface area (Å²) in [7, 11) is 0. The highest BCUT2D eigenvalue weighted by atomic mass is 16.5. The smallest absolute Gasteiger partial charge is 0.311 e. The molecule has 112 valence electrons. The molecule has 0 spiro atoms. The molecular weight excluding hydrogens is 248 g/mol. The van der Waals surface area contributed by atoms with Gasteiger partial charge in [0, 0.05) is 5.92 Å². The normalized spacial score (nSPS) is 33.4. The Balaban J connectivity index is 2.15. The van der Waals surface area contributed by atoms with Crippen LogP contribution >= 0.6 is 0 Å². The monoisotopic (exact) mass is 276 g/mol. The molecule has 0 N–H and O–H groups in total. The topological polar surface area (TPSA) is 26.3 Å². The minimum Gasteiger partial charge on any atom is -0.461 e. The minimum absolute atomic E-state index is 0.0411. The van der Waals surface area contributed by atoms with Gasteiger partial charge in [-0.1, -0.05) is 39.0 Å². The number of hydrogen-bond donors (Lipinski definition) is 0. The third-order valence-corrected chi connectivity index (χ3v) is 5.30. The van der Waals surface area contributed by atoms with Crippen molar-refractivity contribution in [3.8, 4) is 0 Å². The van der Waals surface area contributed by atoms with Crippen LogP contribution in [0.4, 0.5) is 0 Å². The zero-order valence-electron chi connectivity index (χ0n) is 13.5. The molecule has 20 heavy (non-hydrogen) atoms. The summed E-state index contributed by atoms with van der Waals surface area (Å²) >= 11 is 0. The zero-order chi connectivity index (χ0) is 14.9. The summed E-state index contributed by atoms with van der Waals surface area (Å²) in [5.41, 5.74) is 0.995. The number of esters is 1. The predicted molar refractivity (Wildman–Crippen MR) is 82.2 cm³/mol. The number of carbonyl (C=O) groups excluding carboxylic acids is 1. The van der Waals surface area contributed by atoms with Gasteiger partial charge in [0.05, 0.1) is 5.41 Å². The summed E-state index contributed by atoms with van der Waals surface area (Å²) in [5.74, 6) is 1.42. The van der Waals surface area contributed by atoms with Crippen molar-refractivity contribution in [2.75, 3.05) is 0 Å². The molecule has 2 rings (SSSR count). The van der Waals surface area contributed by atoms with Gasteiger partial charge in [-0.25, -0.2) is 0 Å². The Morgan fingerprint density at radius 3 is 2.75 bits per heavy atom. The van der Waals surface area contributed by atoms with E-state index in [0.29, 0.717) is 17.8 Å². The third-order valence-electron chi connectivity index (χ3n) is 5.30. The van der Waals surface area contributed by atoms with Crippen LogP contribution in [-0.4, -0.2) is 12.1 Å². The first-order valence-corrected chi connectivity index (χ1v) is 7.96. The lowest BCUT2D eigenvalue weighted by atomic mass is 9.69. The van der Waals surface area contributed by atoms with Crippen LogP contribution in [0.1, 0.15) is 53.9 Å². The fourth-order valence-corrected chi connectivity index (χ4v) is 3.10. The summed E-state index contributed by atoms with van der Waals surface area (Å²) in [6, 6.07) is 0. The standard InChI is InChI=1S/C18H28O2/c1-6-18(4,5)17(19)20-15-9-7-8-14-11-10-12(2)13(3)16(14)15/h8,10-13,15-16H,6-7,9H2,1-5H3/t12-,13+,15+,16?/m1/s1. The van der Waals surface area contributed by atoms with E-state index in [1.807, 2.05) is 20.8 Å².